The molecule has 0 aromatic rings. The molecule has 0 saturated heterocycles. The van der Waals surface area contributed by atoms with E-state index in [2.05, 4.69) is 41.7 Å². The molecule has 0 bridgehead atoms. The Kier molecular flexibility index (Phi) is 9.66. The first-order valence-corrected chi connectivity index (χ1v) is 6.42. The van der Waals surface area contributed by atoms with Crippen molar-refractivity contribution in [3.05, 3.63) is 0 Å². The Morgan fingerprint density at radius 2 is 1.50 bits per heavy atom. The highest BCUT2D eigenvalue weighted by atomic mass is 35.5. The highest BCUT2D eigenvalue weighted by molar-refractivity contribution is 4.56. The Bertz CT molecular complexity index is 167. The summed E-state index contributed by atoms with van der Waals surface area (Å²) in [5.74, 6) is 0. The van der Waals surface area contributed by atoms with Crippen molar-refractivity contribution in [2.75, 3.05) is 26.7 Å². The van der Waals surface area contributed by atoms with Gasteiger partial charge in [0.15, 0.2) is 5.72 Å². The van der Waals surface area contributed by atoms with Gasteiger partial charge in [0.1, 0.15) is 0 Å². The maximum atomic E-state index is 6.05. The second-order valence-electron chi connectivity index (χ2n) is 5.03. The summed E-state index contributed by atoms with van der Waals surface area (Å²) in [7, 11) is 2.28. The molecule has 0 aliphatic rings. The van der Waals surface area contributed by atoms with Crippen LogP contribution in [0, 0.1) is 0 Å². The lowest BCUT2D eigenvalue weighted by atomic mass is 10.2. The SMILES string of the molecule is CCCCCOC(C)(C)[N+](C)(CC)CC.[Cl-]. The Morgan fingerprint density at radius 1 is 1.00 bits per heavy atom. The molecule has 100 valence electrons. The molecule has 0 amide bonds. The average Bonchev–Trinajstić information content (AvgIpc) is 2.23. The summed E-state index contributed by atoms with van der Waals surface area (Å²) in [6, 6.07) is 0. The summed E-state index contributed by atoms with van der Waals surface area (Å²) < 4.78 is 7.04. The van der Waals surface area contributed by atoms with Gasteiger partial charge in [0, 0.05) is 13.8 Å². The molecule has 0 aromatic heterocycles. The van der Waals surface area contributed by atoms with Crippen LogP contribution in [0.4, 0.5) is 0 Å². The van der Waals surface area contributed by atoms with Crippen LogP contribution in [0.2, 0.25) is 0 Å². The Hall–Kier alpha value is 0.210. The molecule has 3 heteroatoms. The summed E-state index contributed by atoms with van der Waals surface area (Å²) in [4.78, 5) is 0. The Balaban J connectivity index is 0. The Labute approximate surface area is 108 Å². The standard InChI is InChI=1S/C13H30NO.ClH/c1-7-10-11-12-15-13(4,5)14(6,8-2)9-3;/h7-12H2,1-6H3;1H/q+1;/p-1. The molecule has 0 unspecified atom stereocenters. The molecule has 0 aliphatic carbocycles. The van der Waals surface area contributed by atoms with E-state index in [0.717, 1.165) is 24.2 Å². The molecule has 0 heterocycles. The zero-order valence-electron chi connectivity index (χ0n) is 12.0. The predicted molar refractivity (Wildman–Crippen MR) is 66.8 cm³/mol. The van der Waals surface area contributed by atoms with E-state index < -0.39 is 0 Å². The van der Waals surface area contributed by atoms with Crippen LogP contribution in [0.15, 0.2) is 0 Å². The fourth-order valence-corrected chi connectivity index (χ4v) is 1.81. The van der Waals surface area contributed by atoms with Crippen LogP contribution in [-0.2, 0) is 4.74 Å². The van der Waals surface area contributed by atoms with Crippen molar-refractivity contribution in [2.24, 2.45) is 0 Å². The summed E-state index contributed by atoms with van der Waals surface area (Å²) in [6.45, 7) is 14.3. The Morgan fingerprint density at radius 3 is 1.88 bits per heavy atom. The minimum absolute atomic E-state index is 0. The fraction of sp³-hybridized carbons (Fsp3) is 1.00. The van der Waals surface area contributed by atoms with Crippen molar-refractivity contribution in [3.63, 3.8) is 0 Å². The van der Waals surface area contributed by atoms with Gasteiger partial charge in [-0.15, -0.1) is 0 Å². The monoisotopic (exact) mass is 251 g/mol. The van der Waals surface area contributed by atoms with Crippen molar-refractivity contribution in [2.45, 2.75) is 59.6 Å². The van der Waals surface area contributed by atoms with Gasteiger partial charge in [-0.2, -0.15) is 0 Å². The van der Waals surface area contributed by atoms with Gasteiger partial charge in [0.2, 0.25) is 0 Å². The summed E-state index contributed by atoms with van der Waals surface area (Å²) in [5.41, 5.74) is -0.0583. The topological polar surface area (TPSA) is 9.23 Å². The highest BCUT2D eigenvalue weighted by Crippen LogP contribution is 2.23. The van der Waals surface area contributed by atoms with E-state index in [1.807, 2.05) is 0 Å². The quantitative estimate of drug-likeness (QED) is 0.345. The molecule has 0 saturated carbocycles. The molecule has 16 heavy (non-hydrogen) atoms. The fourth-order valence-electron chi connectivity index (χ4n) is 1.81. The zero-order valence-corrected chi connectivity index (χ0v) is 12.7. The molecule has 0 rings (SSSR count). The molecule has 0 radical (unpaired) electrons. The lowest BCUT2D eigenvalue weighted by Gasteiger charge is -2.45. The maximum Gasteiger partial charge on any atom is 0.197 e. The molecule has 0 aliphatic heterocycles. The van der Waals surface area contributed by atoms with Gasteiger partial charge in [0.25, 0.3) is 0 Å². The number of hydrogen-bond donors (Lipinski definition) is 0. The van der Waals surface area contributed by atoms with Gasteiger partial charge in [-0.1, -0.05) is 19.8 Å². The third-order valence-corrected chi connectivity index (χ3v) is 3.90. The van der Waals surface area contributed by atoms with Crippen LogP contribution >= 0.6 is 0 Å². The van der Waals surface area contributed by atoms with E-state index in [9.17, 15) is 0 Å². The van der Waals surface area contributed by atoms with Crippen LogP contribution in [0.25, 0.3) is 0 Å². The number of unbranched alkanes of at least 4 members (excludes halogenated alkanes) is 2. The van der Waals surface area contributed by atoms with E-state index in [4.69, 9.17) is 4.74 Å². The minimum atomic E-state index is -0.0583. The van der Waals surface area contributed by atoms with Crippen LogP contribution in [0.5, 0.6) is 0 Å². The molecule has 0 fully saturated rings. The number of rotatable bonds is 8. The third-order valence-electron chi connectivity index (χ3n) is 3.90. The van der Waals surface area contributed by atoms with Crippen molar-refractivity contribution in [3.8, 4) is 0 Å². The van der Waals surface area contributed by atoms with Gasteiger partial charge in [-0.25, -0.2) is 0 Å². The van der Waals surface area contributed by atoms with Gasteiger partial charge in [0.05, 0.1) is 26.7 Å². The normalized spacial score (nSPS) is 12.4. The van der Waals surface area contributed by atoms with Crippen LogP contribution in [0.1, 0.15) is 53.9 Å². The smallest absolute Gasteiger partial charge is 0.197 e. The van der Waals surface area contributed by atoms with E-state index >= 15 is 0 Å². The molecule has 0 aromatic carbocycles. The molecule has 0 spiro atoms. The van der Waals surface area contributed by atoms with Crippen LogP contribution in [-0.4, -0.2) is 37.0 Å². The van der Waals surface area contributed by atoms with E-state index in [1.165, 1.54) is 19.3 Å². The number of ether oxygens (including phenoxy) is 1. The van der Waals surface area contributed by atoms with Gasteiger partial charge >= 0.3 is 0 Å². The lowest BCUT2D eigenvalue weighted by molar-refractivity contribution is -0.977. The summed E-state index contributed by atoms with van der Waals surface area (Å²) in [5, 5.41) is 0. The third kappa shape index (κ3) is 5.03. The van der Waals surface area contributed by atoms with Crippen LogP contribution < -0.4 is 12.4 Å². The first kappa shape index (κ1) is 18.6. The first-order chi connectivity index (χ1) is 6.93. The molecule has 0 atom stereocenters. The molecule has 0 N–H and O–H groups in total. The highest BCUT2D eigenvalue weighted by Gasteiger charge is 2.38. The van der Waals surface area contributed by atoms with E-state index in [-0.39, 0.29) is 18.1 Å². The van der Waals surface area contributed by atoms with Gasteiger partial charge in [-0.05, 0) is 20.3 Å². The maximum absolute atomic E-state index is 6.05. The average molecular weight is 252 g/mol. The number of nitrogens with zero attached hydrogens (tertiary/aromatic N) is 1. The lowest BCUT2D eigenvalue weighted by Crippen LogP contribution is -3.00. The van der Waals surface area contributed by atoms with Gasteiger partial charge < -0.3 is 17.1 Å². The summed E-state index contributed by atoms with van der Waals surface area (Å²) >= 11 is 0. The second kappa shape index (κ2) is 8.32. The van der Waals surface area contributed by atoms with E-state index in [1.54, 1.807) is 0 Å². The van der Waals surface area contributed by atoms with Crippen LogP contribution in [0.3, 0.4) is 0 Å². The molecular weight excluding hydrogens is 222 g/mol. The first-order valence-electron chi connectivity index (χ1n) is 6.42. The number of hydrogen-bond acceptors (Lipinski definition) is 1. The molecule has 2 nitrogen and oxygen atoms in total. The number of quaternary nitrogens is 1. The largest absolute Gasteiger partial charge is 1.00 e. The summed E-state index contributed by atoms with van der Waals surface area (Å²) in [6.07, 6.45) is 3.73. The second-order valence-corrected chi connectivity index (χ2v) is 5.03. The van der Waals surface area contributed by atoms with Crippen molar-refractivity contribution in [1.82, 2.24) is 0 Å². The van der Waals surface area contributed by atoms with E-state index in [0.29, 0.717) is 0 Å². The predicted octanol–water partition coefficient (Wildman–Crippen LogP) is 0.420. The minimum Gasteiger partial charge on any atom is -1.00 e. The van der Waals surface area contributed by atoms with Gasteiger partial charge in [-0.3, -0.25) is 4.48 Å². The number of halogens is 1. The van der Waals surface area contributed by atoms with Crippen molar-refractivity contribution < 1.29 is 21.6 Å². The van der Waals surface area contributed by atoms with Crippen molar-refractivity contribution >= 4 is 0 Å². The van der Waals surface area contributed by atoms with Crippen molar-refractivity contribution in [1.29, 1.82) is 0 Å². The zero-order chi connectivity index (χ0) is 11.9. The molecular formula is C13H30ClNO.